The van der Waals surface area contributed by atoms with Crippen molar-refractivity contribution in [3.05, 3.63) is 47.8 Å². The molecule has 0 saturated carbocycles. The predicted molar refractivity (Wildman–Crippen MR) is 110 cm³/mol. The quantitative estimate of drug-likeness (QED) is 0.788. The molecular formula is C22H27N3O5. The molecule has 30 heavy (non-hydrogen) atoms. The number of likely N-dealkylation sites (N-methyl/N-ethyl adjacent to an activating group) is 1. The zero-order valence-electron chi connectivity index (χ0n) is 17.3. The number of rotatable bonds is 5. The number of likely N-dealkylation sites (tertiary alicyclic amines) is 1. The van der Waals surface area contributed by atoms with Crippen molar-refractivity contribution in [3.8, 4) is 11.5 Å². The van der Waals surface area contributed by atoms with E-state index in [0.29, 0.717) is 36.9 Å². The average Bonchev–Trinajstić information content (AvgIpc) is 2.77. The van der Waals surface area contributed by atoms with E-state index in [1.807, 2.05) is 41.1 Å². The number of methoxy groups -OCH3 is 1. The summed E-state index contributed by atoms with van der Waals surface area (Å²) in [6.45, 7) is 2.03. The molecule has 8 heteroatoms. The lowest BCUT2D eigenvalue weighted by molar-refractivity contribution is -0.135. The molecular weight excluding hydrogens is 386 g/mol. The van der Waals surface area contributed by atoms with Gasteiger partial charge in [-0.2, -0.15) is 0 Å². The summed E-state index contributed by atoms with van der Waals surface area (Å²) in [6.07, 6.45) is 4.95. The Morgan fingerprint density at radius 1 is 1.20 bits per heavy atom. The van der Waals surface area contributed by atoms with E-state index >= 15 is 0 Å². The first-order chi connectivity index (χ1) is 14.5. The molecule has 0 aliphatic carbocycles. The molecule has 1 unspecified atom stereocenters. The molecule has 8 nitrogen and oxygen atoms in total. The minimum atomic E-state index is -0.347. The summed E-state index contributed by atoms with van der Waals surface area (Å²) in [4.78, 5) is 28.3. The van der Waals surface area contributed by atoms with Crippen molar-refractivity contribution < 1.29 is 23.8 Å². The van der Waals surface area contributed by atoms with E-state index in [9.17, 15) is 9.59 Å². The van der Waals surface area contributed by atoms with Gasteiger partial charge >= 0.3 is 0 Å². The molecule has 1 atom stereocenters. The summed E-state index contributed by atoms with van der Waals surface area (Å²) in [7, 11) is 3.48. The summed E-state index contributed by atoms with van der Waals surface area (Å²) < 4.78 is 16.6. The van der Waals surface area contributed by atoms with Crippen LogP contribution >= 0.6 is 0 Å². The SMILES string of the molecule is COc1ccc(OCC2CCN(C(=O)C3=CN(C)C4OCC(=O)NC4=C3)CC2)cc1. The van der Waals surface area contributed by atoms with Crippen LogP contribution in [0.2, 0.25) is 0 Å². The third-order valence-corrected chi connectivity index (χ3v) is 5.64. The Hall–Kier alpha value is -3.00. The van der Waals surface area contributed by atoms with E-state index in [4.69, 9.17) is 14.2 Å². The number of nitrogens with one attached hydrogen (secondary N) is 1. The van der Waals surface area contributed by atoms with E-state index in [1.165, 1.54) is 0 Å². The van der Waals surface area contributed by atoms with Gasteiger partial charge in [-0.25, -0.2) is 0 Å². The van der Waals surface area contributed by atoms with Gasteiger partial charge in [0.1, 0.15) is 18.1 Å². The first kappa shape index (κ1) is 20.3. The number of benzene rings is 1. The topological polar surface area (TPSA) is 80.3 Å². The lowest BCUT2D eigenvalue weighted by Gasteiger charge is -2.37. The first-order valence-corrected chi connectivity index (χ1v) is 10.2. The summed E-state index contributed by atoms with van der Waals surface area (Å²) in [5, 5.41) is 2.80. The van der Waals surface area contributed by atoms with Gasteiger partial charge in [-0.15, -0.1) is 0 Å². The molecule has 3 aliphatic heterocycles. The van der Waals surface area contributed by atoms with Crippen LogP contribution in [-0.2, 0) is 14.3 Å². The molecule has 1 aromatic rings. The maximum atomic E-state index is 13.0. The number of morpholine rings is 1. The summed E-state index contributed by atoms with van der Waals surface area (Å²) in [5.74, 6) is 1.81. The van der Waals surface area contributed by atoms with Gasteiger partial charge in [0.15, 0.2) is 6.23 Å². The molecule has 2 fully saturated rings. The number of hydrogen-bond donors (Lipinski definition) is 1. The fourth-order valence-corrected chi connectivity index (χ4v) is 3.93. The van der Waals surface area contributed by atoms with Crippen molar-refractivity contribution in [2.75, 3.05) is 40.5 Å². The zero-order valence-corrected chi connectivity index (χ0v) is 17.3. The van der Waals surface area contributed by atoms with Gasteiger partial charge in [0, 0.05) is 26.3 Å². The second-order valence-corrected chi connectivity index (χ2v) is 7.78. The van der Waals surface area contributed by atoms with Crippen LogP contribution in [0.15, 0.2) is 47.8 Å². The molecule has 3 aliphatic rings. The van der Waals surface area contributed by atoms with Crippen LogP contribution in [0.5, 0.6) is 11.5 Å². The maximum absolute atomic E-state index is 13.0. The smallest absolute Gasteiger partial charge is 0.255 e. The van der Waals surface area contributed by atoms with Gasteiger partial charge in [-0.05, 0) is 49.1 Å². The minimum absolute atomic E-state index is 0.0234. The first-order valence-electron chi connectivity index (χ1n) is 10.2. The molecule has 2 amide bonds. The third-order valence-electron chi connectivity index (χ3n) is 5.64. The molecule has 1 N–H and O–H groups in total. The molecule has 0 aromatic heterocycles. The molecule has 2 saturated heterocycles. The van der Waals surface area contributed by atoms with Gasteiger partial charge in [0.05, 0.1) is 25.0 Å². The summed E-state index contributed by atoms with van der Waals surface area (Å²) in [6, 6.07) is 7.56. The highest BCUT2D eigenvalue weighted by Crippen LogP contribution is 2.25. The standard InChI is InChI=1S/C22H27N3O5/c1-24-12-16(11-19-22(24)30-14-20(26)23-19)21(27)25-9-7-15(8-10-25)13-29-18-5-3-17(28-2)4-6-18/h3-6,11-12,15,22H,7-10,13-14H2,1-2H3,(H,23,26). The van der Waals surface area contributed by atoms with Crippen LogP contribution in [0.4, 0.5) is 0 Å². The molecule has 0 bridgehead atoms. The third kappa shape index (κ3) is 4.43. The lowest BCUT2D eigenvalue weighted by atomic mass is 9.97. The number of carbonyl (C=O) groups excluding carboxylic acids is 2. The van der Waals surface area contributed by atoms with Crippen LogP contribution in [0.1, 0.15) is 12.8 Å². The lowest BCUT2D eigenvalue weighted by Crippen LogP contribution is -2.49. The monoisotopic (exact) mass is 413 g/mol. The van der Waals surface area contributed by atoms with Gasteiger partial charge < -0.3 is 29.3 Å². The average molecular weight is 413 g/mol. The maximum Gasteiger partial charge on any atom is 0.255 e. The Morgan fingerprint density at radius 2 is 1.90 bits per heavy atom. The largest absolute Gasteiger partial charge is 0.497 e. The van der Waals surface area contributed by atoms with Crippen molar-refractivity contribution in [1.82, 2.24) is 15.1 Å². The Labute approximate surface area is 176 Å². The highest BCUT2D eigenvalue weighted by Gasteiger charge is 2.32. The molecule has 4 rings (SSSR count). The van der Waals surface area contributed by atoms with Crippen molar-refractivity contribution in [3.63, 3.8) is 0 Å². The number of piperidine rings is 1. The normalized spacial score (nSPS) is 21.9. The van der Waals surface area contributed by atoms with E-state index in [1.54, 1.807) is 19.4 Å². The van der Waals surface area contributed by atoms with Crippen LogP contribution in [0.25, 0.3) is 0 Å². The van der Waals surface area contributed by atoms with Crippen molar-refractivity contribution in [1.29, 1.82) is 0 Å². The van der Waals surface area contributed by atoms with Gasteiger partial charge in [-0.3, -0.25) is 9.59 Å². The predicted octanol–water partition coefficient (Wildman–Crippen LogP) is 1.50. The van der Waals surface area contributed by atoms with Crippen LogP contribution in [0, 0.1) is 5.92 Å². The minimum Gasteiger partial charge on any atom is -0.497 e. The summed E-state index contributed by atoms with van der Waals surface area (Å²) in [5.41, 5.74) is 1.17. The Balaban J connectivity index is 1.29. The van der Waals surface area contributed by atoms with Crippen molar-refractivity contribution >= 4 is 11.8 Å². The number of hydrogen-bond acceptors (Lipinski definition) is 6. The highest BCUT2D eigenvalue weighted by molar-refractivity contribution is 5.97. The van der Waals surface area contributed by atoms with Gasteiger partial charge in [0.2, 0.25) is 5.91 Å². The molecule has 1 aromatic carbocycles. The Morgan fingerprint density at radius 3 is 2.60 bits per heavy atom. The second-order valence-electron chi connectivity index (χ2n) is 7.78. The second kappa shape index (κ2) is 8.79. The fourth-order valence-electron chi connectivity index (χ4n) is 3.93. The Bertz CT molecular complexity index is 856. The van der Waals surface area contributed by atoms with Crippen LogP contribution < -0.4 is 14.8 Å². The fraction of sp³-hybridized carbons (Fsp3) is 0.455. The van der Waals surface area contributed by atoms with Gasteiger partial charge in [0.25, 0.3) is 5.91 Å². The number of fused-ring (bicyclic) bond motifs is 1. The number of carbonyl (C=O) groups is 2. The Kier molecular flexibility index (Phi) is 5.94. The van der Waals surface area contributed by atoms with E-state index < -0.39 is 0 Å². The van der Waals surface area contributed by atoms with E-state index in [2.05, 4.69) is 5.32 Å². The zero-order chi connectivity index (χ0) is 21.1. The van der Waals surface area contributed by atoms with E-state index in [-0.39, 0.29) is 24.6 Å². The van der Waals surface area contributed by atoms with Crippen LogP contribution in [-0.4, -0.2) is 68.3 Å². The molecule has 160 valence electrons. The molecule has 0 radical (unpaired) electrons. The van der Waals surface area contributed by atoms with Gasteiger partial charge in [-0.1, -0.05) is 0 Å². The number of nitrogens with zero attached hydrogens (tertiary/aromatic N) is 2. The highest BCUT2D eigenvalue weighted by atomic mass is 16.5. The van der Waals surface area contributed by atoms with Crippen molar-refractivity contribution in [2.45, 2.75) is 19.1 Å². The van der Waals surface area contributed by atoms with Crippen molar-refractivity contribution in [2.24, 2.45) is 5.92 Å². The molecule has 3 heterocycles. The summed E-state index contributed by atoms with van der Waals surface area (Å²) >= 11 is 0. The van der Waals surface area contributed by atoms with Crippen LogP contribution in [0.3, 0.4) is 0 Å². The number of amides is 2. The number of ether oxygens (including phenoxy) is 3. The van der Waals surface area contributed by atoms with E-state index in [0.717, 1.165) is 24.3 Å². The molecule has 0 spiro atoms.